The van der Waals surface area contributed by atoms with Crippen LogP contribution in [0.4, 0.5) is 5.69 Å². The summed E-state index contributed by atoms with van der Waals surface area (Å²) in [6.45, 7) is 0.0587. The molecule has 27 heavy (non-hydrogen) atoms. The largest absolute Gasteiger partial charge is 0.333 e. The van der Waals surface area contributed by atoms with Crippen molar-refractivity contribution in [2.24, 2.45) is 0 Å². The van der Waals surface area contributed by atoms with E-state index in [0.717, 1.165) is 0 Å². The van der Waals surface area contributed by atoms with Crippen molar-refractivity contribution in [2.75, 3.05) is 7.05 Å². The molecule has 0 saturated carbocycles. The first-order valence-corrected chi connectivity index (χ1v) is 8.66. The topological polar surface area (TPSA) is 138 Å². The van der Waals surface area contributed by atoms with E-state index in [1.165, 1.54) is 41.5 Å². The standard InChI is InChI=1S/C16H12N6O4S/c1-21(7-12-17-11-4-5-27-14(11)15(23)18-12)16(24)13-9-6-8(22(25)26)2-3-10(9)19-20-13/h2-6H,7H2,1H3,(H,19,20)(H,17,18,23). The zero-order valence-electron chi connectivity index (χ0n) is 13.9. The van der Waals surface area contributed by atoms with Crippen LogP contribution in [0.15, 0.2) is 34.4 Å². The van der Waals surface area contributed by atoms with Gasteiger partial charge in [0.2, 0.25) is 0 Å². The number of rotatable bonds is 4. The van der Waals surface area contributed by atoms with Gasteiger partial charge in [0.05, 0.1) is 22.5 Å². The van der Waals surface area contributed by atoms with Gasteiger partial charge in [0, 0.05) is 24.6 Å². The van der Waals surface area contributed by atoms with Gasteiger partial charge in [-0.1, -0.05) is 0 Å². The van der Waals surface area contributed by atoms with Crippen molar-refractivity contribution >= 4 is 44.1 Å². The van der Waals surface area contributed by atoms with Crippen LogP contribution in [0.1, 0.15) is 16.3 Å². The second-order valence-corrected chi connectivity index (χ2v) is 6.78. The molecule has 0 aliphatic rings. The molecule has 3 heterocycles. The minimum Gasteiger partial charge on any atom is -0.333 e. The van der Waals surface area contributed by atoms with Gasteiger partial charge in [0.25, 0.3) is 17.2 Å². The van der Waals surface area contributed by atoms with Crippen molar-refractivity contribution in [1.82, 2.24) is 25.1 Å². The number of thiophene rings is 1. The Kier molecular flexibility index (Phi) is 3.92. The van der Waals surface area contributed by atoms with Crippen molar-refractivity contribution < 1.29 is 9.72 Å². The minimum absolute atomic E-state index is 0.0587. The number of aromatic nitrogens is 4. The molecular formula is C16H12N6O4S. The number of nitro benzene ring substituents is 1. The quantitative estimate of drug-likeness (QED) is 0.408. The molecule has 136 valence electrons. The molecule has 0 bridgehead atoms. The molecule has 0 spiro atoms. The summed E-state index contributed by atoms with van der Waals surface area (Å²) in [5, 5.41) is 19.8. The van der Waals surface area contributed by atoms with Gasteiger partial charge in [-0.25, -0.2) is 4.98 Å². The molecule has 1 aromatic carbocycles. The number of hydrogen-bond acceptors (Lipinski definition) is 7. The van der Waals surface area contributed by atoms with E-state index in [2.05, 4.69) is 20.2 Å². The number of benzene rings is 1. The Hall–Kier alpha value is -3.60. The summed E-state index contributed by atoms with van der Waals surface area (Å²) >= 11 is 1.29. The number of hydrogen-bond donors (Lipinski definition) is 2. The number of nitrogens with zero attached hydrogens (tertiary/aromatic N) is 4. The number of carbonyl (C=O) groups excluding carboxylic acids is 1. The highest BCUT2D eigenvalue weighted by molar-refractivity contribution is 7.17. The zero-order valence-corrected chi connectivity index (χ0v) is 14.7. The van der Waals surface area contributed by atoms with Gasteiger partial charge < -0.3 is 9.88 Å². The summed E-state index contributed by atoms with van der Waals surface area (Å²) in [4.78, 5) is 43.6. The van der Waals surface area contributed by atoms with E-state index in [-0.39, 0.29) is 23.5 Å². The van der Waals surface area contributed by atoms with E-state index in [9.17, 15) is 19.7 Å². The molecule has 2 N–H and O–H groups in total. The average Bonchev–Trinajstić information content (AvgIpc) is 3.27. The van der Waals surface area contributed by atoms with Crippen molar-refractivity contribution in [3.63, 3.8) is 0 Å². The number of non-ortho nitro benzene ring substituents is 1. The Morgan fingerprint density at radius 1 is 1.37 bits per heavy atom. The Morgan fingerprint density at radius 2 is 2.19 bits per heavy atom. The lowest BCUT2D eigenvalue weighted by molar-refractivity contribution is -0.384. The number of carbonyl (C=O) groups is 1. The summed E-state index contributed by atoms with van der Waals surface area (Å²) in [5.41, 5.74) is 0.764. The molecule has 4 rings (SSSR count). The first-order valence-electron chi connectivity index (χ1n) is 7.78. The van der Waals surface area contributed by atoms with Crippen LogP contribution in [0.3, 0.4) is 0 Å². The first-order chi connectivity index (χ1) is 12.9. The number of H-pyrrole nitrogens is 2. The summed E-state index contributed by atoms with van der Waals surface area (Å²) < 4.78 is 0.526. The summed E-state index contributed by atoms with van der Waals surface area (Å²) in [6, 6.07) is 5.88. The maximum atomic E-state index is 12.8. The van der Waals surface area contributed by atoms with E-state index in [0.29, 0.717) is 26.9 Å². The molecule has 4 aromatic rings. The highest BCUT2D eigenvalue weighted by Gasteiger charge is 2.21. The average molecular weight is 384 g/mol. The van der Waals surface area contributed by atoms with Crippen molar-refractivity contribution in [3.05, 3.63) is 61.6 Å². The molecule has 0 unspecified atom stereocenters. The van der Waals surface area contributed by atoms with Crippen molar-refractivity contribution in [2.45, 2.75) is 6.54 Å². The molecule has 0 aliphatic carbocycles. The molecule has 0 radical (unpaired) electrons. The first kappa shape index (κ1) is 16.8. The van der Waals surface area contributed by atoms with Gasteiger partial charge in [0.15, 0.2) is 5.69 Å². The molecule has 0 fully saturated rings. The Labute approximate surface area is 154 Å². The van der Waals surface area contributed by atoms with Gasteiger partial charge in [-0.3, -0.25) is 24.8 Å². The van der Waals surface area contributed by atoms with Crippen LogP contribution in [-0.4, -0.2) is 42.9 Å². The van der Waals surface area contributed by atoms with Crippen LogP contribution in [-0.2, 0) is 6.54 Å². The SMILES string of the molecule is CN(Cc1nc2ccsc2c(=O)[nH]1)C(=O)c1n[nH]c2ccc([N+](=O)[O-])cc12. The summed E-state index contributed by atoms with van der Waals surface area (Å²) in [7, 11) is 1.54. The number of fused-ring (bicyclic) bond motifs is 2. The lowest BCUT2D eigenvalue weighted by atomic mass is 10.1. The number of nitro groups is 1. The van der Waals surface area contributed by atoms with Crippen LogP contribution in [0.2, 0.25) is 0 Å². The predicted molar refractivity (Wildman–Crippen MR) is 98.8 cm³/mol. The lowest BCUT2D eigenvalue weighted by Crippen LogP contribution is -2.28. The fourth-order valence-corrected chi connectivity index (χ4v) is 3.48. The van der Waals surface area contributed by atoms with Crippen molar-refractivity contribution in [3.8, 4) is 0 Å². The molecule has 0 aliphatic heterocycles. The number of aromatic amines is 2. The zero-order chi connectivity index (χ0) is 19.1. The molecule has 0 atom stereocenters. The third kappa shape index (κ3) is 2.93. The highest BCUT2D eigenvalue weighted by atomic mass is 32.1. The molecule has 3 aromatic heterocycles. The third-order valence-corrected chi connectivity index (χ3v) is 4.96. The Bertz CT molecular complexity index is 1260. The number of amides is 1. The fraction of sp³-hybridized carbons (Fsp3) is 0.125. The van der Waals surface area contributed by atoms with Gasteiger partial charge in [-0.15, -0.1) is 11.3 Å². The predicted octanol–water partition coefficient (Wildman–Crippen LogP) is 2.04. The van der Waals surface area contributed by atoms with Crippen LogP contribution >= 0.6 is 11.3 Å². The van der Waals surface area contributed by atoms with Gasteiger partial charge >= 0.3 is 0 Å². The molecule has 0 saturated heterocycles. The smallest absolute Gasteiger partial charge is 0.275 e. The van der Waals surface area contributed by atoms with Crippen LogP contribution in [0.5, 0.6) is 0 Å². The van der Waals surface area contributed by atoms with E-state index in [1.807, 2.05) is 0 Å². The van der Waals surface area contributed by atoms with E-state index in [1.54, 1.807) is 11.4 Å². The maximum absolute atomic E-state index is 12.8. The van der Waals surface area contributed by atoms with Gasteiger partial charge in [0.1, 0.15) is 10.5 Å². The van der Waals surface area contributed by atoms with Crippen molar-refractivity contribution in [1.29, 1.82) is 0 Å². The second kappa shape index (κ2) is 6.29. The van der Waals surface area contributed by atoms with Crippen LogP contribution in [0, 0.1) is 10.1 Å². The maximum Gasteiger partial charge on any atom is 0.275 e. The van der Waals surface area contributed by atoms with Gasteiger partial charge in [-0.2, -0.15) is 5.10 Å². The van der Waals surface area contributed by atoms with Crippen LogP contribution in [0.25, 0.3) is 21.1 Å². The lowest BCUT2D eigenvalue weighted by Gasteiger charge is -2.15. The third-order valence-electron chi connectivity index (χ3n) is 4.06. The van der Waals surface area contributed by atoms with E-state index in [4.69, 9.17) is 0 Å². The Morgan fingerprint density at radius 3 is 2.96 bits per heavy atom. The normalized spacial score (nSPS) is 11.1. The fourth-order valence-electron chi connectivity index (χ4n) is 2.75. The summed E-state index contributed by atoms with van der Waals surface area (Å²) in [5.74, 6) is -0.109. The highest BCUT2D eigenvalue weighted by Crippen LogP contribution is 2.23. The molecule has 1 amide bonds. The molecular weight excluding hydrogens is 372 g/mol. The Balaban J connectivity index is 1.65. The summed E-state index contributed by atoms with van der Waals surface area (Å²) in [6.07, 6.45) is 0. The van der Waals surface area contributed by atoms with E-state index < -0.39 is 10.8 Å². The van der Waals surface area contributed by atoms with E-state index >= 15 is 0 Å². The monoisotopic (exact) mass is 384 g/mol. The minimum atomic E-state index is -0.533. The second-order valence-electron chi connectivity index (χ2n) is 5.87. The van der Waals surface area contributed by atoms with Crippen LogP contribution < -0.4 is 5.56 Å². The number of nitrogens with one attached hydrogen (secondary N) is 2. The molecule has 10 nitrogen and oxygen atoms in total. The molecule has 11 heteroatoms. The van der Waals surface area contributed by atoms with Gasteiger partial charge in [-0.05, 0) is 17.5 Å².